The molecule has 2 aromatic rings. The fraction of sp³-hybridized carbons (Fsp3) is 0.167. The Bertz CT molecular complexity index is 846. The lowest BCUT2D eigenvalue weighted by atomic mass is 10.1. The average Bonchev–Trinajstić information content (AvgIpc) is 2.88. The molecule has 0 saturated carbocycles. The number of para-hydroxylation sites is 1. The molecule has 0 aromatic heterocycles. The van der Waals surface area contributed by atoms with Gasteiger partial charge >= 0.3 is 0 Å². The van der Waals surface area contributed by atoms with Crippen molar-refractivity contribution >= 4 is 33.3 Å². The second-order valence-corrected chi connectivity index (χ2v) is 6.15. The lowest BCUT2D eigenvalue weighted by Crippen LogP contribution is -2.22. The first kappa shape index (κ1) is 16.4. The Kier molecular flexibility index (Phi) is 4.76. The molecule has 0 spiro atoms. The van der Waals surface area contributed by atoms with E-state index in [2.05, 4.69) is 26.5 Å². The van der Waals surface area contributed by atoms with Crippen molar-refractivity contribution in [3.05, 3.63) is 63.6 Å². The van der Waals surface area contributed by atoms with E-state index in [9.17, 15) is 9.59 Å². The Hall–Kier alpha value is -2.47. The maximum atomic E-state index is 12.4. The van der Waals surface area contributed by atoms with Gasteiger partial charge in [0.2, 0.25) is 0 Å². The Morgan fingerprint density at radius 3 is 2.88 bits per heavy atom. The molecule has 24 heavy (non-hydrogen) atoms. The third-order valence-electron chi connectivity index (χ3n) is 3.64. The molecular formula is C18H15BrN2O3. The van der Waals surface area contributed by atoms with Crippen LogP contribution in [0.5, 0.6) is 5.75 Å². The molecule has 0 bridgehead atoms. The fourth-order valence-electron chi connectivity index (χ4n) is 2.56. The molecule has 0 atom stereocenters. The number of hydrogen-bond donors (Lipinski definition) is 1. The smallest absolute Gasteiger partial charge is 0.275 e. The number of hydrazone groups is 1. The second kappa shape index (κ2) is 6.97. The quantitative estimate of drug-likeness (QED) is 0.820. The van der Waals surface area contributed by atoms with Crippen LogP contribution in [-0.2, 0) is 11.2 Å². The minimum atomic E-state index is -0.414. The van der Waals surface area contributed by atoms with Crippen molar-refractivity contribution in [1.29, 1.82) is 0 Å². The topological polar surface area (TPSA) is 67.8 Å². The van der Waals surface area contributed by atoms with Crippen molar-refractivity contribution < 1.29 is 14.3 Å². The first-order chi connectivity index (χ1) is 11.6. The molecule has 2 aromatic carbocycles. The minimum absolute atomic E-state index is 0.110. The molecule has 0 radical (unpaired) electrons. The number of amides is 1. The van der Waals surface area contributed by atoms with Gasteiger partial charge in [0, 0.05) is 16.5 Å². The van der Waals surface area contributed by atoms with Crippen molar-refractivity contribution in [1.82, 2.24) is 5.43 Å². The number of carbonyl (C=O) groups is 2. The van der Waals surface area contributed by atoms with E-state index >= 15 is 0 Å². The zero-order valence-electron chi connectivity index (χ0n) is 13.0. The van der Waals surface area contributed by atoms with Crippen molar-refractivity contribution in [2.45, 2.75) is 13.3 Å². The molecule has 1 amide bonds. The summed E-state index contributed by atoms with van der Waals surface area (Å²) in [6.45, 7) is 2.31. The van der Waals surface area contributed by atoms with Gasteiger partial charge in [0.15, 0.2) is 5.78 Å². The van der Waals surface area contributed by atoms with E-state index in [1.807, 2.05) is 25.1 Å². The highest BCUT2D eigenvalue weighted by Crippen LogP contribution is 2.24. The van der Waals surface area contributed by atoms with E-state index in [0.29, 0.717) is 24.3 Å². The molecule has 122 valence electrons. The van der Waals surface area contributed by atoms with Crippen LogP contribution >= 0.6 is 15.9 Å². The second-order valence-electron chi connectivity index (χ2n) is 5.23. The molecule has 0 saturated heterocycles. The van der Waals surface area contributed by atoms with Gasteiger partial charge in [-0.15, -0.1) is 0 Å². The number of ether oxygens (including phenoxy) is 1. The Labute approximate surface area is 147 Å². The maximum absolute atomic E-state index is 12.4. The lowest BCUT2D eigenvalue weighted by molar-refractivity contribution is -0.112. The van der Waals surface area contributed by atoms with Crippen LogP contribution in [0.4, 0.5) is 0 Å². The maximum Gasteiger partial charge on any atom is 0.275 e. The molecule has 3 rings (SSSR count). The van der Waals surface area contributed by atoms with Gasteiger partial charge in [0.1, 0.15) is 11.5 Å². The van der Waals surface area contributed by atoms with Crippen LogP contribution < -0.4 is 10.2 Å². The van der Waals surface area contributed by atoms with Gasteiger partial charge in [-0.25, -0.2) is 5.43 Å². The monoisotopic (exact) mass is 386 g/mol. The van der Waals surface area contributed by atoms with E-state index in [1.54, 1.807) is 24.3 Å². The first-order valence-corrected chi connectivity index (χ1v) is 8.31. The minimum Gasteiger partial charge on any atom is -0.493 e. The summed E-state index contributed by atoms with van der Waals surface area (Å²) in [6.07, 6.45) is 0.298. The number of carbonyl (C=O) groups excluding carboxylic acids is 2. The summed E-state index contributed by atoms with van der Waals surface area (Å²) in [5.74, 6) is -0.0390. The van der Waals surface area contributed by atoms with Gasteiger partial charge in [-0.1, -0.05) is 34.1 Å². The number of hydrogen-bond acceptors (Lipinski definition) is 4. The standard InChI is InChI=1S/C18H15BrN2O3/c1-2-24-16-6-4-3-5-13(16)18(23)21-20-17-14-10-12(19)8-7-11(14)9-15(17)22/h3-8,10H,2,9H2,1H3,(H,21,23)/b20-17+. The summed E-state index contributed by atoms with van der Waals surface area (Å²) in [6, 6.07) is 12.5. The highest BCUT2D eigenvalue weighted by Gasteiger charge is 2.27. The lowest BCUT2D eigenvalue weighted by Gasteiger charge is -2.08. The van der Waals surface area contributed by atoms with Gasteiger partial charge < -0.3 is 4.74 Å². The Morgan fingerprint density at radius 2 is 2.08 bits per heavy atom. The zero-order valence-corrected chi connectivity index (χ0v) is 14.6. The molecule has 1 aliphatic rings. The number of halogens is 1. The van der Waals surface area contributed by atoms with Crippen molar-refractivity contribution in [2.24, 2.45) is 5.10 Å². The number of rotatable bonds is 4. The largest absolute Gasteiger partial charge is 0.493 e. The van der Waals surface area contributed by atoms with Crippen LogP contribution in [0.3, 0.4) is 0 Å². The van der Waals surface area contributed by atoms with Crippen LogP contribution in [0.15, 0.2) is 52.0 Å². The first-order valence-electron chi connectivity index (χ1n) is 7.52. The number of fused-ring (bicyclic) bond motifs is 1. The van der Waals surface area contributed by atoms with Crippen molar-refractivity contribution in [2.75, 3.05) is 6.61 Å². The van der Waals surface area contributed by atoms with E-state index in [4.69, 9.17) is 4.74 Å². The highest BCUT2D eigenvalue weighted by atomic mass is 79.9. The summed E-state index contributed by atoms with van der Waals surface area (Å²) >= 11 is 3.39. The van der Waals surface area contributed by atoms with Crippen LogP contribution in [0, 0.1) is 0 Å². The molecule has 6 heteroatoms. The molecule has 0 fully saturated rings. The molecule has 5 nitrogen and oxygen atoms in total. The van der Waals surface area contributed by atoms with Crippen molar-refractivity contribution in [3.63, 3.8) is 0 Å². The van der Waals surface area contributed by atoms with Crippen LogP contribution in [0.25, 0.3) is 0 Å². The summed E-state index contributed by atoms with van der Waals surface area (Å²) < 4.78 is 6.30. The number of nitrogens with one attached hydrogen (secondary N) is 1. The highest BCUT2D eigenvalue weighted by molar-refractivity contribution is 9.10. The Balaban J connectivity index is 1.85. The number of ketones is 1. The third kappa shape index (κ3) is 3.23. The van der Waals surface area contributed by atoms with Gasteiger partial charge in [-0.2, -0.15) is 5.10 Å². The number of nitrogens with zero attached hydrogens (tertiary/aromatic N) is 1. The predicted molar refractivity (Wildman–Crippen MR) is 94.5 cm³/mol. The van der Waals surface area contributed by atoms with Crippen LogP contribution in [-0.4, -0.2) is 24.0 Å². The van der Waals surface area contributed by atoms with Gasteiger partial charge in [-0.3, -0.25) is 9.59 Å². The average molecular weight is 387 g/mol. The summed E-state index contributed by atoms with van der Waals surface area (Å²) in [5.41, 5.74) is 4.77. The molecule has 0 heterocycles. The van der Waals surface area contributed by atoms with Gasteiger partial charge in [0.05, 0.1) is 12.2 Å². The number of benzene rings is 2. The molecular weight excluding hydrogens is 372 g/mol. The summed E-state index contributed by atoms with van der Waals surface area (Å²) in [5, 5.41) is 4.06. The summed E-state index contributed by atoms with van der Waals surface area (Å²) in [4.78, 5) is 24.5. The molecule has 1 N–H and O–H groups in total. The van der Waals surface area contributed by atoms with Crippen LogP contribution in [0.2, 0.25) is 0 Å². The Morgan fingerprint density at radius 1 is 1.29 bits per heavy atom. The normalized spacial score (nSPS) is 14.6. The molecule has 0 aliphatic heterocycles. The summed E-state index contributed by atoms with van der Waals surface area (Å²) in [7, 11) is 0. The van der Waals surface area contributed by atoms with Crippen molar-refractivity contribution in [3.8, 4) is 5.75 Å². The van der Waals surface area contributed by atoms with E-state index in [1.165, 1.54) is 0 Å². The third-order valence-corrected chi connectivity index (χ3v) is 4.14. The predicted octanol–water partition coefficient (Wildman–Crippen LogP) is 3.11. The van der Waals surface area contributed by atoms with E-state index in [-0.39, 0.29) is 11.5 Å². The fourth-order valence-corrected chi connectivity index (χ4v) is 2.92. The van der Waals surface area contributed by atoms with E-state index < -0.39 is 5.91 Å². The molecule has 0 unspecified atom stereocenters. The van der Waals surface area contributed by atoms with Gasteiger partial charge in [-0.05, 0) is 36.8 Å². The van der Waals surface area contributed by atoms with Crippen LogP contribution in [0.1, 0.15) is 28.4 Å². The molecule has 1 aliphatic carbocycles. The zero-order chi connectivity index (χ0) is 17.1. The van der Waals surface area contributed by atoms with Gasteiger partial charge in [0.25, 0.3) is 5.91 Å². The number of Topliss-reactive ketones (excluding diaryl/α,β-unsaturated/α-hetero) is 1. The van der Waals surface area contributed by atoms with E-state index in [0.717, 1.165) is 15.6 Å². The SMILES string of the molecule is CCOc1ccccc1C(=O)N/N=C1/C(=O)Cc2ccc(Br)cc21.